The van der Waals surface area contributed by atoms with Crippen LogP contribution in [0.2, 0.25) is 5.02 Å². The molecule has 1 unspecified atom stereocenters. The molecule has 0 saturated heterocycles. The summed E-state index contributed by atoms with van der Waals surface area (Å²) in [6.07, 6.45) is 0.0647. The number of hydrogen-bond acceptors (Lipinski definition) is 4. The summed E-state index contributed by atoms with van der Waals surface area (Å²) in [4.78, 5) is 24.2. The van der Waals surface area contributed by atoms with Crippen LogP contribution >= 0.6 is 22.9 Å². The van der Waals surface area contributed by atoms with Gasteiger partial charge in [0.05, 0.1) is 24.6 Å². The topological polar surface area (TPSA) is 55.4 Å². The second kappa shape index (κ2) is 7.24. The van der Waals surface area contributed by atoms with Crippen LogP contribution in [-0.4, -0.2) is 19.0 Å². The summed E-state index contributed by atoms with van der Waals surface area (Å²) in [7, 11) is 1.32. The van der Waals surface area contributed by atoms with Crippen molar-refractivity contribution in [1.29, 1.82) is 0 Å². The molecule has 4 nitrogen and oxygen atoms in total. The molecule has 1 heterocycles. The highest BCUT2D eigenvalue weighted by molar-refractivity contribution is 7.12. The first kappa shape index (κ1) is 15.5. The summed E-state index contributed by atoms with van der Waals surface area (Å²) in [5.74, 6) is -0.686. The maximum atomic E-state index is 12.2. The van der Waals surface area contributed by atoms with Crippen LogP contribution in [0, 0.1) is 0 Å². The highest BCUT2D eigenvalue weighted by Crippen LogP contribution is 2.24. The number of carbonyl (C=O) groups excluding carboxylic acids is 2. The molecule has 110 valence electrons. The van der Waals surface area contributed by atoms with Crippen molar-refractivity contribution >= 4 is 34.8 Å². The Morgan fingerprint density at radius 1 is 1.29 bits per heavy atom. The van der Waals surface area contributed by atoms with Crippen molar-refractivity contribution < 1.29 is 14.3 Å². The van der Waals surface area contributed by atoms with Gasteiger partial charge in [-0.05, 0) is 17.0 Å². The predicted octanol–water partition coefficient (Wildman–Crippen LogP) is 3.44. The molecule has 0 fully saturated rings. The van der Waals surface area contributed by atoms with Crippen molar-refractivity contribution in [3.63, 3.8) is 0 Å². The number of esters is 1. The average Bonchev–Trinajstić information content (AvgIpc) is 2.93. The summed E-state index contributed by atoms with van der Waals surface area (Å²) in [5, 5.41) is 4.98. The van der Waals surface area contributed by atoms with Crippen molar-refractivity contribution in [2.24, 2.45) is 0 Å². The maximum Gasteiger partial charge on any atom is 0.307 e. The Morgan fingerprint density at radius 2 is 2.00 bits per heavy atom. The van der Waals surface area contributed by atoms with Crippen LogP contribution < -0.4 is 5.32 Å². The number of rotatable bonds is 5. The predicted molar refractivity (Wildman–Crippen MR) is 82.6 cm³/mol. The molecule has 1 aromatic carbocycles. The first-order valence-electron chi connectivity index (χ1n) is 6.27. The van der Waals surface area contributed by atoms with E-state index in [1.807, 2.05) is 30.3 Å². The monoisotopic (exact) mass is 323 g/mol. The summed E-state index contributed by atoms with van der Waals surface area (Å²) >= 11 is 7.21. The minimum atomic E-state index is -0.454. The van der Waals surface area contributed by atoms with Gasteiger partial charge in [0.15, 0.2) is 0 Å². The fourth-order valence-corrected chi connectivity index (χ4v) is 2.91. The van der Waals surface area contributed by atoms with Crippen molar-refractivity contribution in [2.75, 3.05) is 7.11 Å². The van der Waals surface area contributed by atoms with Gasteiger partial charge in [-0.25, -0.2) is 0 Å². The third-order valence-corrected chi connectivity index (χ3v) is 4.27. The maximum absolute atomic E-state index is 12.2. The van der Waals surface area contributed by atoms with Gasteiger partial charge in [0.1, 0.15) is 4.88 Å². The van der Waals surface area contributed by atoms with Crippen molar-refractivity contribution in [3.05, 3.63) is 57.2 Å². The molecule has 0 bridgehead atoms. The number of halogens is 1. The molecular weight excluding hydrogens is 310 g/mol. The molecule has 6 heteroatoms. The van der Waals surface area contributed by atoms with Crippen LogP contribution in [0.15, 0.2) is 41.8 Å². The largest absolute Gasteiger partial charge is 0.469 e. The number of hydrogen-bond donors (Lipinski definition) is 1. The molecule has 1 N–H and O–H groups in total. The van der Waals surface area contributed by atoms with Gasteiger partial charge in [-0.15, -0.1) is 11.3 Å². The van der Waals surface area contributed by atoms with Gasteiger partial charge < -0.3 is 10.1 Å². The lowest BCUT2D eigenvalue weighted by molar-refractivity contribution is -0.141. The number of amides is 1. The van der Waals surface area contributed by atoms with E-state index in [-0.39, 0.29) is 18.3 Å². The molecule has 0 aliphatic heterocycles. The molecule has 1 amide bonds. The van der Waals surface area contributed by atoms with E-state index in [9.17, 15) is 9.59 Å². The molecule has 0 spiro atoms. The molecule has 0 aliphatic carbocycles. The van der Waals surface area contributed by atoms with E-state index in [4.69, 9.17) is 11.6 Å². The smallest absolute Gasteiger partial charge is 0.307 e. The first-order chi connectivity index (χ1) is 10.1. The number of carbonyl (C=O) groups is 2. The lowest BCUT2D eigenvalue weighted by atomic mass is 10.0. The summed E-state index contributed by atoms with van der Waals surface area (Å²) in [6, 6.07) is 10.5. The standard InChI is InChI=1S/C15H14ClNO3S/c1-20-13(18)9-12(10-5-3-2-4-6-10)17-15(19)14-11(16)7-8-21-14/h2-8,12H,9H2,1H3,(H,17,19). The average molecular weight is 324 g/mol. The zero-order valence-corrected chi connectivity index (χ0v) is 12.9. The van der Waals surface area contributed by atoms with Gasteiger partial charge in [0, 0.05) is 0 Å². The van der Waals surface area contributed by atoms with Gasteiger partial charge >= 0.3 is 5.97 Å². The molecule has 0 saturated carbocycles. The minimum Gasteiger partial charge on any atom is -0.469 e. The van der Waals surface area contributed by atoms with Crippen molar-refractivity contribution in [1.82, 2.24) is 5.32 Å². The number of nitrogens with one attached hydrogen (secondary N) is 1. The molecule has 1 atom stereocenters. The summed E-state index contributed by atoms with van der Waals surface area (Å²) in [6.45, 7) is 0. The highest BCUT2D eigenvalue weighted by Gasteiger charge is 2.21. The minimum absolute atomic E-state index is 0.0647. The normalized spacial score (nSPS) is 11.7. The summed E-state index contributed by atoms with van der Waals surface area (Å²) < 4.78 is 4.68. The Morgan fingerprint density at radius 3 is 2.57 bits per heavy atom. The molecular formula is C15H14ClNO3S. The third-order valence-electron chi connectivity index (χ3n) is 2.93. The fraction of sp³-hybridized carbons (Fsp3) is 0.200. The second-order valence-corrected chi connectivity index (χ2v) is 5.64. The second-order valence-electron chi connectivity index (χ2n) is 4.31. The van der Waals surface area contributed by atoms with Crippen molar-refractivity contribution in [2.45, 2.75) is 12.5 Å². The van der Waals surface area contributed by atoms with Crippen LogP contribution in [0.1, 0.15) is 27.7 Å². The zero-order valence-electron chi connectivity index (χ0n) is 11.3. The van der Waals surface area contributed by atoms with E-state index in [0.717, 1.165) is 5.56 Å². The Bertz CT molecular complexity index is 627. The van der Waals surface area contributed by atoms with Gasteiger partial charge in [-0.2, -0.15) is 0 Å². The SMILES string of the molecule is COC(=O)CC(NC(=O)c1sccc1Cl)c1ccccc1. The Balaban J connectivity index is 2.18. The molecule has 0 aliphatic rings. The van der Waals surface area contributed by atoms with Crippen LogP contribution in [0.25, 0.3) is 0 Å². The van der Waals surface area contributed by atoms with E-state index in [1.165, 1.54) is 18.4 Å². The van der Waals surface area contributed by atoms with E-state index >= 15 is 0 Å². The van der Waals surface area contributed by atoms with Crippen LogP contribution in [0.3, 0.4) is 0 Å². The van der Waals surface area contributed by atoms with E-state index in [1.54, 1.807) is 11.4 Å². The Kier molecular flexibility index (Phi) is 5.36. The molecule has 0 radical (unpaired) electrons. The fourth-order valence-electron chi connectivity index (χ4n) is 1.87. The molecule has 21 heavy (non-hydrogen) atoms. The zero-order chi connectivity index (χ0) is 15.2. The van der Waals surface area contributed by atoms with Crippen molar-refractivity contribution in [3.8, 4) is 0 Å². The number of methoxy groups -OCH3 is 1. The summed E-state index contributed by atoms with van der Waals surface area (Å²) in [5.41, 5.74) is 0.837. The third kappa shape index (κ3) is 4.06. The lowest BCUT2D eigenvalue weighted by Crippen LogP contribution is -2.30. The Labute approximate surface area is 131 Å². The quantitative estimate of drug-likeness (QED) is 0.858. The van der Waals surface area contributed by atoms with E-state index < -0.39 is 6.04 Å². The van der Waals surface area contributed by atoms with Gasteiger partial charge in [0.25, 0.3) is 5.91 Å². The Hall–Kier alpha value is -1.85. The van der Waals surface area contributed by atoms with Crippen LogP contribution in [0.5, 0.6) is 0 Å². The highest BCUT2D eigenvalue weighted by atomic mass is 35.5. The number of thiophene rings is 1. The van der Waals surface area contributed by atoms with E-state index in [0.29, 0.717) is 9.90 Å². The molecule has 2 rings (SSSR count). The number of benzene rings is 1. The first-order valence-corrected chi connectivity index (χ1v) is 7.53. The van der Waals surface area contributed by atoms with Crippen LogP contribution in [-0.2, 0) is 9.53 Å². The number of ether oxygens (including phenoxy) is 1. The molecule has 2 aromatic rings. The van der Waals surface area contributed by atoms with Gasteiger partial charge in [-0.1, -0.05) is 41.9 Å². The molecule has 1 aromatic heterocycles. The van der Waals surface area contributed by atoms with Gasteiger partial charge in [0.2, 0.25) is 0 Å². The van der Waals surface area contributed by atoms with Crippen LogP contribution in [0.4, 0.5) is 0 Å². The van der Waals surface area contributed by atoms with E-state index in [2.05, 4.69) is 10.1 Å². The lowest BCUT2D eigenvalue weighted by Gasteiger charge is -2.18. The van der Waals surface area contributed by atoms with Gasteiger partial charge in [-0.3, -0.25) is 9.59 Å².